The molecule has 0 radical (unpaired) electrons. The maximum absolute atomic E-state index is 10.4. The summed E-state index contributed by atoms with van der Waals surface area (Å²) in [5.41, 5.74) is -0.259. The molecule has 0 amide bonds. The van der Waals surface area contributed by atoms with Crippen LogP contribution in [0.5, 0.6) is 0 Å². The summed E-state index contributed by atoms with van der Waals surface area (Å²) in [4.78, 5) is 14.1. The summed E-state index contributed by atoms with van der Waals surface area (Å²) in [7, 11) is 0. The third kappa shape index (κ3) is 1.69. The summed E-state index contributed by atoms with van der Waals surface area (Å²) in [6.45, 7) is 3.23. The molecule has 64 valence electrons. The van der Waals surface area contributed by atoms with Crippen LogP contribution in [-0.4, -0.2) is 21.2 Å². The molecule has 12 heavy (non-hydrogen) atoms. The predicted octanol–water partition coefficient (Wildman–Crippen LogP) is 0.817. The molecule has 2 N–H and O–H groups in total. The monoisotopic (exact) mass is 185 g/mol. The molecule has 4 nitrogen and oxygen atoms in total. The van der Waals surface area contributed by atoms with Gasteiger partial charge in [0.15, 0.2) is 0 Å². The number of aromatic nitrogens is 1. The average Bonchev–Trinajstić information content (AvgIpc) is 2.53. The van der Waals surface area contributed by atoms with Crippen molar-refractivity contribution in [2.45, 2.75) is 6.10 Å². The molecule has 1 atom stereocenters. The minimum atomic E-state index is -1.21. The van der Waals surface area contributed by atoms with E-state index in [1.165, 1.54) is 17.5 Å². The van der Waals surface area contributed by atoms with Crippen LogP contribution in [0, 0.1) is 0 Å². The van der Waals surface area contributed by atoms with Gasteiger partial charge in [0.25, 0.3) is 0 Å². The van der Waals surface area contributed by atoms with Crippen LogP contribution in [0.1, 0.15) is 11.1 Å². The van der Waals surface area contributed by atoms with Crippen molar-refractivity contribution in [3.05, 3.63) is 28.7 Å². The van der Waals surface area contributed by atoms with Crippen LogP contribution in [-0.2, 0) is 4.79 Å². The van der Waals surface area contributed by atoms with E-state index in [-0.39, 0.29) is 5.57 Å². The van der Waals surface area contributed by atoms with Gasteiger partial charge in [0.2, 0.25) is 0 Å². The Hall–Kier alpha value is -1.20. The topological polar surface area (TPSA) is 70.4 Å². The number of hydrogen-bond donors (Lipinski definition) is 2. The highest BCUT2D eigenvalue weighted by Gasteiger charge is 2.19. The Morgan fingerprint density at radius 2 is 2.42 bits per heavy atom. The lowest BCUT2D eigenvalue weighted by atomic mass is 10.2. The molecule has 0 saturated carbocycles. The summed E-state index contributed by atoms with van der Waals surface area (Å²) >= 11 is 1.19. The van der Waals surface area contributed by atoms with Gasteiger partial charge in [0, 0.05) is 11.6 Å². The predicted molar refractivity (Wildman–Crippen MR) is 43.8 cm³/mol. The van der Waals surface area contributed by atoms with E-state index in [0.29, 0.717) is 5.01 Å². The van der Waals surface area contributed by atoms with Crippen molar-refractivity contribution in [1.29, 1.82) is 0 Å². The third-order valence-electron chi connectivity index (χ3n) is 1.29. The van der Waals surface area contributed by atoms with Gasteiger partial charge in [-0.15, -0.1) is 11.3 Å². The fourth-order valence-electron chi connectivity index (χ4n) is 0.636. The SMILES string of the molecule is C=C(C(=O)O)C(O)c1nccs1. The van der Waals surface area contributed by atoms with E-state index in [2.05, 4.69) is 11.6 Å². The quantitative estimate of drug-likeness (QED) is 0.684. The third-order valence-corrected chi connectivity index (χ3v) is 2.12. The maximum Gasteiger partial charge on any atom is 0.334 e. The lowest BCUT2D eigenvalue weighted by molar-refractivity contribution is -0.133. The first-order valence-corrected chi connectivity index (χ1v) is 4.00. The van der Waals surface area contributed by atoms with E-state index >= 15 is 0 Å². The Kier molecular flexibility index (Phi) is 2.57. The van der Waals surface area contributed by atoms with Crippen LogP contribution >= 0.6 is 11.3 Å². The number of carboxylic acid groups (broad SMARTS) is 1. The maximum atomic E-state index is 10.4. The second kappa shape index (κ2) is 3.46. The van der Waals surface area contributed by atoms with Gasteiger partial charge in [0.1, 0.15) is 11.1 Å². The lowest BCUT2D eigenvalue weighted by Gasteiger charge is -2.05. The van der Waals surface area contributed by atoms with E-state index in [4.69, 9.17) is 5.11 Å². The van der Waals surface area contributed by atoms with Gasteiger partial charge in [-0.25, -0.2) is 9.78 Å². The highest BCUT2D eigenvalue weighted by Crippen LogP contribution is 2.21. The molecule has 0 aliphatic heterocycles. The Labute approximate surface area is 72.8 Å². The Morgan fingerprint density at radius 1 is 1.75 bits per heavy atom. The number of hydrogen-bond acceptors (Lipinski definition) is 4. The molecule has 1 rings (SSSR count). The number of carboxylic acids is 1. The highest BCUT2D eigenvalue weighted by molar-refractivity contribution is 7.09. The summed E-state index contributed by atoms with van der Waals surface area (Å²) in [6.07, 6.45) is 0.306. The summed E-state index contributed by atoms with van der Waals surface area (Å²) < 4.78 is 0. The summed E-state index contributed by atoms with van der Waals surface area (Å²) in [5, 5.41) is 19.8. The second-order valence-corrected chi connectivity index (χ2v) is 3.03. The number of aliphatic carboxylic acids is 1. The van der Waals surface area contributed by atoms with Crippen LogP contribution in [0.25, 0.3) is 0 Å². The molecular weight excluding hydrogens is 178 g/mol. The molecule has 0 fully saturated rings. The molecule has 0 saturated heterocycles. The van der Waals surface area contributed by atoms with Crippen molar-refractivity contribution in [3.8, 4) is 0 Å². The molecule has 0 aromatic carbocycles. The number of rotatable bonds is 3. The standard InChI is InChI=1S/C7H7NO3S/c1-4(7(10)11)5(9)6-8-2-3-12-6/h2-3,5,9H,1H2,(H,10,11). The molecule has 0 aliphatic carbocycles. The van der Waals surface area contributed by atoms with Crippen LogP contribution < -0.4 is 0 Å². The zero-order valence-electron chi connectivity index (χ0n) is 6.10. The van der Waals surface area contributed by atoms with Crippen LogP contribution in [0.2, 0.25) is 0 Å². The van der Waals surface area contributed by atoms with Gasteiger partial charge in [-0.1, -0.05) is 6.58 Å². The van der Waals surface area contributed by atoms with E-state index in [1.807, 2.05) is 0 Å². The number of aliphatic hydroxyl groups excluding tert-OH is 1. The van der Waals surface area contributed by atoms with E-state index in [0.717, 1.165) is 0 Å². The van der Waals surface area contributed by atoms with Crippen LogP contribution in [0.4, 0.5) is 0 Å². The summed E-state index contributed by atoms with van der Waals surface area (Å²) in [6, 6.07) is 0. The summed E-state index contributed by atoms with van der Waals surface area (Å²) in [5.74, 6) is -1.21. The van der Waals surface area contributed by atoms with Crippen molar-refractivity contribution in [2.75, 3.05) is 0 Å². The van der Waals surface area contributed by atoms with Crippen molar-refractivity contribution >= 4 is 17.3 Å². The van der Waals surface area contributed by atoms with Crippen LogP contribution in [0.3, 0.4) is 0 Å². The van der Waals surface area contributed by atoms with E-state index < -0.39 is 12.1 Å². The minimum absolute atomic E-state index is 0.259. The first-order valence-electron chi connectivity index (χ1n) is 3.12. The fraction of sp³-hybridized carbons (Fsp3) is 0.143. The van der Waals surface area contributed by atoms with Gasteiger partial charge in [-0.2, -0.15) is 0 Å². The molecular formula is C7H7NO3S. The smallest absolute Gasteiger partial charge is 0.334 e. The van der Waals surface area contributed by atoms with Gasteiger partial charge in [0.05, 0.1) is 5.57 Å². The number of nitrogens with zero attached hydrogens (tertiary/aromatic N) is 1. The van der Waals surface area contributed by atoms with Crippen molar-refractivity contribution in [3.63, 3.8) is 0 Å². The van der Waals surface area contributed by atoms with Crippen molar-refractivity contribution in [2.24, 2.45) is 0 Å². The molecule has 5 heteroatoms. The second-order valence-electron chi connectivity index (χ2n) is 2.10. The lowest BCUT2D eigenvalue weighted by Crippen LogP contribution is -2.08. The number of aliphatic hydroxyl groups is 1. The van der Waals surface area contributed by atoms with Gasteiger partial charge < -0.3 is 10.2 Å². The van der Waals surface area contributed by atoms with Crippen LogP contribution in [0.15, 0.2) is 23.7 Å². The van der Waals surface area contributed by atoms with Gasteiger partial charge >= 0.3 is 5.97 Å². The molecule has 0 aliphatic rings. The highest BCUT2D eigenvalue weighted by atomic mass is 32.1. The Bertz CT molecular complexity index is 294. The fourth-order valence-corrected chi connectivity index (χ4v) is 1.29. The first-order chi connectivity index (χ1) is 5.63. The molecule has 1 heterocycles. The normalized spacial score (nSPS) is 12.4. The average molecular weight is 185 g/mol. The van der Waals surface area contributed by atoms with Gasteiger partial charge in [-0.3, -0.25) is 0 Å². The molecule has 0 bridgehead atoms. The molecule has 0 spiro atoms. The molecule has 1 aromatic rings. The number of carbonyl (C=O) groups is 1. The first kappa shape index (κ1) is 8.89. The van der Waals surface area contributed by atoms with E-state index in [1.54, 1.807) is 5.38 Å². The zero-order chi connectivity index (χ0) is 9.14. The van der Waals surface area contributed by atoms with Gasteiger partial charge in [-0.05, 0) is 0 Å². The minimum Gasteiger partial charge on any atom is -0.478 e. The van der Waals surface area contributed by atoms with E-state index in [9.17, 15) is 9.90 Å². The Balaban J connectivity index is 2.79. The Morgan fingerprint density at radius 3 is 2.83 bits per heavy atom. The largest absolute Gasteiger partial charge is 0.478 e. The molecule has 1 unspecified atom stereocenters. The zero-order valence-corrected chi connectivity index (χ0v) is 6.91. The van der Waals surface area contributed by atoms with Crippen molar-refractivity contribution in [1.82, 2.24) is 4.98 Å². The van der Waals surface area contributed by atoms with Crippen molar-refractivity contribution < 1.29 is 15.0 Å². The number of thiazole rings is 1. The molecule has 1 aromatic heterocycles.